The van der Waals surface area contributed by atoms with Crippen LogP contribution in [0, 0.1) is 0 Å². The van der Waals surface area contributed by atoms with Gasteiger partial charge in [0.1, 0.15) is 0 Å². The number of nitrogens with one attached hydrogen (secondary N) is 2. The van der Waals surface area contributed by atoms with E-state index in [0.29, 0.717) is 0 Å². The first-order chi connectivity index (χ1) is 6.47. The lowest BCUT2D eigenvalue weighted by Crippen LogP contribution is -2.47. The van der Waals surface area contributed by atoms with Crippen molar-refractivity contribution in [2.75, 3.05) is 6.54 Å². The molecular formula is C9H19N3O2. The van der Waals surface area contributed by atoms with Gasteiger partial charge in [0.05, 0.1) is 12.6 Å². The molecule has 0 aromatic carbocycles. The first-order valence-corrected chi connectivity index (χ1v) is 4.79. The summed E-state index contributed by atoms with van der Waals surface area (Å²) < 4.78 is 0. The minimum Gasteiger partial charge on any atom is -0.369 e. The van der Waals surface area contributed by atoms with Crippen molar-refractivity contribution in [3.8, 4) is 0 Å². The second-order valence-corrected chi connectivity index (χ2v) is 3.39. The molecule has 0 saturated heterocycles. The number of rotatable bonds is 6. The molecule has 2 amide bonds. The van der Waals surface area contributed by atoms with E-state index < -0.39 is 11.9 Å². The zero-order valence-corrected chi connectivity index (χ0v) is 8.96. The van der Waals surface area contributed by atoms with Gasteiger partial charge in [-0.2, -0.15) is 0 Å². The fraction of sp³-hybridized carbons (Fsp3) is 0.778. The van der Waals surface area contributed by atoms with Gasteiger partial charge in [-0.15, -0.1) is 0 Å². The highest BCUT2D eigenvalue weighted by Crippen LogP contribution is 1.89. The average Bonchev–Trinajstić information content (AvgIpc) is 2.13. The molecule has 0 heterocycles. The predicted molar refractivity (Wildman–Crippen MR) is 54.6 cm³/mol. The molecule has 0 rings (SSSR count). The highest BCUT2D eigenvalue weighted by molar-refractivity contribution is 5.83. The van der Waals surface area contributed by atoms with Gasteiger partial charge >= 0.3 is 0 Å². The van der Waals surface area contributed by atoms with Crippen LogP contribution in [0.3, 0.4) is 0 Å². The third-order valence-corrected chi connectivity index (χ3v) is 1.98. The SMILES string of the molecule is CCC(C)NC(=O)C(C)NCC(N)=O. The maximum atomic E-state index is 11.4. The van der Waals surface area contributed by atoms with Gasteiger partial charge in [0, 0.05) is 6.04 Å². The fourth-order valence-electron chi connectivity index (χ4n) is 0.816. The molecule has 5 nitrogen and oxygen atoms in total. The normalized spacial score (nSPS) is 14.5. The summed E-state index contributed by atoms with van der Waals surface area (Å²) in [6, 6.07) is -0.239. The number of hydrogen-bond donors (Lipinski definition) is 3. The van der Waals surface area contributed by atoms with E-state index in [0.717, 1.165) is 6.42 Å². The summed E-state index contributed by atoms with van der Waals surface area (Å²) in [7, 11) is 0. The van der Waals surface area contributed by atoms with Gasteiger partial charge in [-0.25, -0.2) is 0 Å². The van der Waals surface area contributed by atoms with Crippen LogP contribution in [0.5, 0.6) is 0 Å². The molecule has 0 saturated carbocycles. The number of amides is 2. The first-order valence-electron chi connectivity index (χ1n) is 4.79. The van der Waals surface area contributed by atoms with Crippen molar-refractivity contribution in [2.45, 2.75) is 39.3 Å². The molecule has 5 heteroatoms. The molecule has 0 aromatic rings. The molecule has 0 aliphatic heterocycles. The lowest BCUT2D eigenvalue weighted by atomic mass is 10.2. The Kier molecular flexibility index (Phi) is 5.87. The Morgan fingerprint density at radius 2 is 1.93 bits per heavy atom. The molecule has 0 aliphatic carbocycles. The summed E-state index contributed by atoms with van der Waals surface area (Å²) >= 11 is 0. The van der Waals surface area contributed by atoms with Crippen LogP contribution in [0.1, 0.15) is 27.2 Å². The minimum absolute atomic E-state index is 0.0229. The van der Waals surface area contributed by atoms with Gasteiger partial charge < -0.3 is 11.1 Å². The Hall–Kier alpha value is -1.10. The lowest BCUT2D eigenvalue weighted by molar-refractivity contribution is -0.123. The smallest absolute Gasteiger partial charge is 0.237 e. The van der Waals surface area contributed by atoms with E-state index in [1.807, 2.05) is 13.8 Å². The van der Waals surface area contributed by atoms with E-state index in [-0.39, 0.29) is 18.5 Å². The molecule has 14 heavy (non-hydrogen) atoms. The fourth-order valence-corrected chi connectivity index (χ4v) is 0.816. The van der Waals surface area contributed by atoms with E-state index in [2.05, 4.69) is 10.6 Å². The molecule has 0 radical (unpaired) electrons. The number of nitrogens with two attached hydrogens (primary N) is 1. The summed E-state index contributed by atoms with van der Waals surface area (Å²) in [5.74, 6) is -0.575. The summed E-state index contributed by atoms with van der Waals surface area (Å²) in [4.78, 5) is 21.8. The van der Waals surface area contributed by atoms with Crippen LogP contribution >= 0.6 is 0 Å². The number of carbonyl (C=O) groups excluding carboxylic acids is 2. The number of carbonyl (C=O) groups is 2. The molecular weight excluding hydrogens is 182 g/mol. The average molecular weight is 201 g/mol. The van der Waals surface area contributed by atoms with Gasteiger partial charge in [0.25, 0.3) is 0 Å². The van der Waals surface area contributed by atoms with Gasteiger partial charge in [-0.1, -0.05) is 6.92 Å². The maximum absolute atomic E-state index is 11.4. The van der Waals surface area contributed by atoms with Crippen LogP contribution in [-0.2, 0) is 9.59 Å². The summed E-state index contributed by atoms with van der Waals surface area (Å²) in [6.45, 7) is 5.64. The van der Waals surface area contributed by atoms with Crippen molar-refractivity contribution in [1.29, 1.82) is 0 Å². The van der Waals surface area contributed by atoms with Gasteiger partial charge in [0.15, 0.2) is 0 Å². The summed E-state index contributed by atoms with van der Waals surface area (Å²) in [6.07, 6.45) is 0.883. The van der Waals surface area contributed by atoms with Crippen molar-refractivity contribution >= 4 is 11.8 Å². The molecule has 4 N–H and O–H groups in total. The van der Waals surface area contributed by atoms with Crippen molar-refractivity contribution in [2.24, 2.45) is 5.73 Å². The zero-order chi connectivity index (χ0) is 11.1. The van der Waals surface area contributed by atoms with E-state index in [1.54, 1.807) is 6.92 Å². The second-order valence-electron chi connectivity index (χ2n) is 3.39. The van der Waals surface area contributed by atoms with Crippen LogP contribution in [0.25, 0.3) is 0 Å². The summed E-state index contributed by atoms with van der Waals surface area (Å²) in [5, 5.41) is 5.52. The standard InChI is InChI=1S/C9H19N3O2/c1-4-6(2)12-9(14)7(3)11-5-8(10)13/h6-7,11H,4-5H2,1-3H3,(H2,10,13)(H,12,14). The first kappa shape index (κ1) is 12.9. The molecule has 0 fully saturated rings. The Morgan fingerprint density at radius 3 is 2.36 bits per heavy atom. The Bertz CT molecular complexity index is 206. The van der Waals surface area contributed by atoms with Gasteiger partial charge in [-0.3, -0.25) is 14.9 Å². The van der Waals surface area contributed by atoms with Crippen LogP contribution < -0.4 is 16.4 Å². The molecule has 0 aliphatic rings. The Balaban J connectivity index is 3.81. The zero-order valence-electron chi connectivity index (χ0n) is 8.96. The van der Waals surface area contributed by atoms with Crippen LogP contribution in [-0.4, -0.2) is 30.4 Å². The Labute approximate surface area is 84.4 Å². The van der Waals surface area contributed by atoms with E-state index >= 15 is 0 Å². The third kappa shape index (κ3) is 5.53. The third-order valence-electron chi connectivity index (χ3n) is 1.98. The van der Waals surface area contributed by atoms with Crippen LogP contribution in [0.2, 0.25) is 0 Å². The monoisotopic (exact) mass is 201 g/mol. The molecule has 2 unspecified atom stereocenters. The summed E-state index contributed by atoms with van der Waals surface area (Å²) in [5.41, 5.74) is 4.94. The molecule has 82 valence electrons. The van der Waals surface area contributed by atoms with Crippen LogP contribution in [0.15, 0.2) is 0 Å². The van der Waals surface area contributed by atoms with Crippen molar-refractivity contribution < 1.29 is 9.59 Å². The van der Waals surface area contributed by atoms with Gasteiger partial charge in [0.2, 0.25) is 11.8 Å². The topological polar surface area (TPSA) is 84.2 Å². The second kappa shape index (κ2) is 6.37. The quantitative estimate of drug-likeness (QED) is 0.534. The van der Waals surface area contributed by atoms with E-state index in [1.165, 1.54) is 0 Å². The number of hydrogen-bond acceptors (Lipinski definition) is 3. The Morgan fingerprint density at radius 1 is 1.36 bits per heavy atom. The molecule has 0 bridgehead atoms. The van der Waals surface area contributed by atoms with E-state index in [4.69, 9.17) is 5.73 Å². The van der Waals surface area contributed by atoms with Crippen molar-refractivity contribution in [1.82, 2.24) is 10.6 Å². The molecule has 0 aromatic heterocycles. The van der Waals surface area contributed by atoms with Gasteiger partial charge in [-0.05, 0) is 20.3 Å². The van der Waals surface area contributed by atoms with Crippen molar-refractivity contribution in [3.63, 3.8) is 0 Å². The minimum atomic E-state index is -0.465. The maximum Gasteiger partial charge on any atom is 0.237 e. The van der Waals surface area contributed by atoms with Crippen LogP contribution in [0.4, 0.5) is 0 Å². The number of primary amides is 1. The molecule has 2 atom stereocenters. The largest absolute Gasteiger partial charge is 0.369 e. The van der Waals surface area contributed by atoms with E-state index in [9.17, 15) is 9.59 Å². The highest BCUT2D eigenvalue weighted by atomic mass is 16.2. The highest BCUT2D eigenvalue weighted by Gasteiger charge is 2.13. The molecule has 0 spiro atoms. The predicted octanol–water partition coefficient (Wildman–Crippen LogP) is -0.635. The van der Waals surface area contributed by atoms with Crippen molar-refractivity contribution in [3.05, 3.63) is 0 Å². The lowest BCUT2D eigenvalue weighted by Gasteiger charge is -2.16.